The molecule has 5 rings (SSSR count). The maximum absolute atomic E-state index is 13.3. The fourth-order valence-electron chi connectivity index (χ4n) is 4.67. The summed E-state index contributed by atoms with van der Waals surface area (Å²) in [5.41, 5.74) is 3.15. The number of morpholine rings is 1. The van der Waals surface area contributed by atoms with Gasteiger partial charge in [0.05, 0.1) is 25.4 Å². The van der Waals surface area contributed by atoms with E-state index < -0.39 is 6.04 Å². The van der Waals surface area contributed by atoms with Crippen molar-refractivity contribution >= 4 is 29.6 Å². The summed E-state index contributed by atoms with van der Waals surface area (Å²) in [7, 11) is 0. The number of ether oxygens (including phenoxy) is 3. The third-order valence-electron chi connectivity index (χ3n) is 6.92. The summed E-state index contributed by atoms with van der Waals surface area (Å²) in [6.07, 6.45) is 1.72. The minimum absolute atomic E-state index is 0.0457. The lowest BCUT2D eigenvalue weighted by Crippen LogP contribution is -2.42. The van der Waals surface area contributed by atoms with Gasteiger partial charge in [0.15, 0.2) is 6.61 Å². The number of rotatable bonds is 11. The Bertz CT molecular complexity index is 1370. The zero-order chi connectivity index (χ0) is 28.6. The number of allylic oxidation sites excluding steroid dienone is 1. The summed E-state index contributed by atoms with van der Waals surface area (Å²) in [6.45, 7) is 6.45. The van der Waals surface area contributed by atoms with Gasteiger partial charge in [0.25, 0.3) is 5.91 Å². The second-order valence-electron chi connectivity index (χ2n) is 9.84. The Morgan fingerprint density at radius 3 is 2.59 bits per heavy atom. The molecule has 0 spiro atoms. The fraction of sp³-hybridized carbons (Fsp3) is 0.400. The number of nitrogens with one attached hydrogen (secondary N) is 1. The number of aromatic nitrogens is 3. The second-order valence-corrected chi connectivity index (χ2v) is 10.8. The Kier molecular flexibility index (Phi) is 9.58. The van der Waals surface area contributed by atoms with Gasteiger partial charge in [-0.15, -0.1) is 5.10 Å². The van der Waals surface area contributed by atoms with E-state index in [0.29, 0.717) is 61.0 Å². The lowest BCUT2D eigenvalue weighted by atomic mass is 9.96. The molecule has 1 N–H and O–H groups in total. The van der Waals surface area contributed by atoms with Gasteiger partial charge in [0, 0.05) is 24.5 Å². The zero-order valence-corrected chi connectivity index (χ0v) is 24.2. The van der Waals surface area contributed by atoms with Gasteiger partial charge < -0.3 is 24.4 Å². The number of benzene rings is 2. The smallest absolute Gasteiger partial charge is 0.338 e. The van der Waals surface area contributed by atoms with Gasteiger partial charge in [-0.3, -0.25) is 4.79 Å². The van der Waals surface area contributed by atoms with Crippen LogP contribution in [-0.2, 0) is 24.8 Å². The van der Waals surface area contributed by atoms with Crippen LogP contribution in [0.3, 0.4) is 0 Å². The largest absolute Gasteiger partial charge is 0.484 e. The van der Waals surface area contributed by atoms with Crippen LogP contribution in [0.5, 0.6) is 5.75 Å². The Balaban J connectivity index is 1.36. The minimum atomic E-state index is -0.539. The summed E-state index contributed by atoms with van der Waals surface area (Å²) in [5.74, 6) is 1.39. The van der Waals surface area contributed by atoms with Crippen LogP contribution in [0, 0.1) is 0 Å². The third-order valence-corrected chi connectivity index (χ3v) is 7.83. The molecule has 2 aromatic carbocycles. The average molecular weight is 578 g/mol. The van der Waals surface area contributed by atoms with Crippen molar-refractivity contribution in [3.63, 3.8) is 0 Å². The van der Waals surface area contributed by atoms with Gasteiger partial charge in [-0.1, -0.05) is 67.6 Å². The molecule has 2 aliphatic heterocycles. The van der Waals surface area contributed by atoms with Gasteiger partial charge in [-0.2, -0.15) is 4.98 Å². The molecule has 1 saturated heterocycles. The van der Waals surface area contributed by atoms with E-state index in [-0.39, 0.29) is 18.5 Å². The highest BCUT2D eigenvalue weighted by Crippen LogP contribution is 2.37. The van der Waals surface area contributed by atoms with Crippen LogP contribution in [0.4, 0.5) is 5.95 Å². The van der Waals surface area contributed by atoms with E-state index in [2.05, 4.69) is 24.4 Å². The first-order chi connectivity index (χ1) is 20.0. The van der Waals surface area contributed by atoms with E-state index in [1.807, 2.05) is 37.3 Å². The molecule has 1 aromatic heterocycles. The lowest BCUT2D eigenvalue weighted by molar-refractivity contribution is -0.140. The molecular weight excluding hydrogens is 542 g/mol. The molecule has 11 heteroatoms. The van der Waals surface area contributed by atoms with Crippen molar-refractivity contribution in [3.05, 3.63) is 77.0 Å². The standard InChI is InChI=1S/C30H35N5O5S/c1-3-4-16-39-28(37)26-21(2)31-29-32-30(41-20-22-8-6-5-7-9-22)33-35(29)27(26)23-10-12-24(13-11-23)40-19-25(36)34-14-17-38-18-15-34/h5-13,27H,3-4,14-20H2,1-2H3,(H,31,32,33). The number of thioether (sulfide) groups is 1. The molecule has 10 nitrogen and oxygen atoms in total. The van der Waals surface area contributed by atoms with Crippen molar-refractivity contribution in [2.45, 2.75) is 43.6 Å². The van der Waals surface area contributed by atoms with E-state index in [4.69, 9.17) is 24.3 Å². The number of carbonyl (C=O) groups is 2. The van der Waals surface area contributed by atoms with Crippen LogP contribution in [-0.4, -0.2) is 71.1 Å². The van der Waals surface area contributed by atoms with Crippen molar-refractivity contribution in [2.24, 2.45) is 0 Å². The Morgan fingerprint density at radius 2 is 1.85 bits per heavy atom. The predicted molar refractivity (Wildman–Crippen MR) is 156 cm³/mol. The molecule has 0 saturated carbocycles. The number of fused-ring (bicyclic) bond motifs is 1. The maximum Gasteiger partial charge on any atom is 0.338 e. The molecule has 41 heavy (non-hydrogen) atoms. The molecule has 0 radical (unpaired) electrons. The first-order valence-corrected chi connectivity index (χ1v) is 14.9. The lowest BCUT2D eigenvalue weighted by Gasteiger charge is -2.28. The summed E-state index contributed by atoms with van der Waals surface area (Å²) >= 11 is 1.53. The average Bonchev–Trinajstić information content (AvgIpc) is 3.42. The van der Waals surface area contributed by atoms with Crippen molar-refractivity contribution in [3.8, 4) is 5.75 Å². The molecule has 0 aliphatic carbocycles. The number of nitrogens with zero attached hydrogens (tertiary/aromatic N) is 4. The van der Waals surface area contributed by atoms with E-state index >= 15 is 0 Å². The highest BCUT2D eigenvalue weighted by atomic mass is 32.2. The Hall–Kier alpha value is -3.83. The third kappa shape index (κ3) is 7.09. The first-order valence-electron chi connectivity index (χ1n) is 13.9. The summed E-state index contributed by atoms with van der Waals surface area (Å²) in [5, 5.41) is 8.66. The maximum atomic E-state index is 13.3. The first kappa shape index (κ1) is 28.7. The monoisotopic (exact) mass is 577 g/mol. The summed E-state index contributed by atoms with van der Waals surface area (Å²) in [4.78, 5) is 32.3. The van der Waals surface area contributed by atoms with E-state index in [9.17, 15) is 9.59 Å². The van der Waals surface area contributed by atoms with Crippen LogP contribution in [0.25, 0.3) is 0 Å². The van der Waals surface area contributed by atoms with Crippen molar-refractivity contribution < 1.29 is 23.8 Å². The van der Waals surface area contributed by atoms with Crippen LogP contribution in [0.1, 0.15) is 43.9 Å². The molecule has 2 aliphatic rings. The van der Waals surface area contributed by atoms with Gasteiger partial charge in [0.2, 0.25) is 11.1 Å². The topological polar surface area (TPSA) is 108 Å². The molecule has 1 fully saturated rings. The van der Waals surface area contributed by atoms with Crippen LogP contribution in [0.15, 0.2) is 71.0 Å². The molecule has 216 valence electrons. The number of carbonyl (C=O) groups excluding carboxylic acids is 2. The van der Waals surface area contributed by atoms with E-state index in [0.717, 1.165) is 24.2 Å². The predicted octanol–water partition coefficient (Wildman–Crippen LogP) is 4.44. The summed E-state index contributed by atoms with van der Waals surface area (Å²) < 4.78 is 18.5. The molecule has 1 amide bonds. The highest BCUT2D eigenvalue weighted by molar-refractivity contribution is 7.98. The number of hydrogen-bond acceptors (Lipinski definition) is 9. The van der Waals surface area contributed by atoms with Crippen LogP contribution < -0.4 is 10.1 Å². The van der Waals surface area contributed by atoms with Gasteiger partial charge >= 0.3 is 5.97 Å². The van der Waals surface area contributed by atoms with Crippen molar-refractivity contribution in [2.75, 3.05) is 44.8 Å². The quantitative estimate of drug-likeness (QED) is 0.201. The SMILES string of the molecule is CCCCOC(=O)C1=C(C)Nc2nc(SCc3ccccc3)nn2C1c1ccc(OCC(=O)N2CCOCC2)cc1. The van der Waals surface area contributed by atoms with Gasteiger partial charge in [-0.25, -0.2) is 9.48 Å². The van der Waals surface area contributed by atoms with Crippen LogP contribution >= 0.6 is 11.8 Å². The number of amides is 1. The number of unbranched alkanes of at least 4 members (excludes halogenated alkanes) is 1. The number of anilines is 1. The van der Waals surface area contributed by atoms with Crippen molar-refractivity contribution in [1.82, 2.24) is 19.7 Å². The van der Waals surface area contributed by atoms with Gasteiger partial charge in [-0.05, 0) is 36.6 Å². The van der Waals surface area contributed by atoms with E-state index in [1.54, 1.807) is 21.7 Å². The highest BCUT2D eigenvalue weighted by Gasteiger charge is 2.35. The Labute approximate surface area is 244 Å². The number of esters is 1. The molecular formula is C30H35N5O5S. The second kappa shape index (κ2) is 13.7. The van der Waals surface area contributed by atoms with Gasteiger partial charge in [0.1, 0.15) is 11.8 Å². The van der Waals surface area contributed by atoms with Crippen LogP contribution in [0.2, 0.25) is 0 Å². The van der Waals surface area contributed by atoms with Crippen molar-refractivity contribution in [1.29, 1.82) is 0 Å². The molecule has 0 bridgehead atoms. The fourth-order valence-corrected chi connectivity index (χ4v) is 5.45. The zero-order valence-electron chi connectivity index (χ0n) is 23.4. The Morgan fingerprint density at radius 1 is 1.10 bits per heavy atom. The van der Waals surface area contributed by atoms with E-state index in [1.165, 1.54) is 17.3 Å². The number of hydrogen-bond donors (Lipinski definition) is 1. The molecule has 1 atom stereocenters. The summed E-state index contributed by atoms with van der Waals surface area (Å²) in [6, 6.07) is 17.0. The molecule has 1 unspecified atom stereocenters. The minimum Gasteiger partial charge on any atom is -0.484 e. The molecule has 3 heterocycles. The molecule has 3 aromatic rings. The normalized spacial score (nSPS) is 16.6.